The summed E-state index contributed by atoms with van der Waals surface area (Å²) in [5.41, 5.74) is 0. The molecule has 1 heterocycles. The van der Waals surface area contributed by atoms with Gasteiger partial charge in [0.2, 0.25) is 0 Å². The minimum absolute atomic E-state index is 0.288. The second-order valence-corrected chi connectivity index (χ2v) is 5.23. The Morgan fingerprint density at radius 3 is 2.79 bits per heavy atom. The molecular formula is C15H23FN2O. The maximum absolute atomic E-state index is 13.3. The molecule has 0 radical (unpaired) electrons. The van der Waals surface area contributed by atoms with Gasteiger partial charge in [-0.3, -0.25) is 0 Å². The van der Waals surface area contributed by atoms with Gasteiger partial charge < -0.3 is 15.0 Å². The minimum Gasteiger partial charge on any atom is -0.489 e. The van der Waals surface area contributed by atoms with Gasteiger partial charge >= 0.3 is 0 Å². The lowest BCUT2D eigenvalue weighted by Crippen LogP contribution is -2.36. The smallest absolute Gasteiger partial charge is 0.165 e. The number of halogens is 1. The Morgan fingerprint density at radius 1 is 1.32 bits per heavy atom. The van der Waals surface area contributed by atoms with Crippen LogP contribution in [0.15, 0.2) is 24.3 Å². The summed E-state index contributed by atoms with van der Waals surface area (Å²) in [6.45, 7) is 4.72. The second kappa shape index (κ2) is 7.46. The summed E-state index contributed by atoms with van der Waals surface area (Å²) < 4.78 is 18.8. The third kappa shape index (κ3) is 4.80. The van der Waals surface area contributed by atoms with Gasteiger partial charge in [-0.1, -0.05) is 12.1 Å². The van der Waals surface area contributed by atoms with Crippen LogP contribution in [0.2, 0.25) is 0 Å². The Labute approximate surface area is 114 Å². The van der Waals surface area contributed by atoms with Crippen molar-refractivity contribution in [2.75, 3.05) is 39.8 Å². The highest BCUT2D eigenvalue weighted by atomic mass is 19.1. The lowest BCUT2D eigenvalue weighted by Gasteiger charge is -2.27. The number of piperidine rings is 1. The number of para-hydroxylation sites is 1. The molecule has 3 nitrogen and oxygen atoms in total. The number of benzene rings is 1. The van der Waals surface area contributed by atoms with E-state index in [-0.39, 0.29) is 5.82 Å². The number of ether oxygens (including phenoxy) is 1. The van der Waals surface area contributed by atoms with Gasteiger partial charge in [-0.05, 0) is 51.0 Å². The van der Waals surface area contributed by atoms with Crippen LogP contribution < -0.4 is 10.1 Å². The van der Waals surface area contributed by atoms with Crippen molar-refractivity contribution < 1.29 is 9.13 Å². The van der Waals surface area contributed by atoms with Crippen LogP contribution in [0.3, 0.4) is 0 Å². The van der Waals surface area contributed by atoms with E-state index >= 15 is 0 Å². The van der Waals surface area contributed by atoms with Gasteiger partial charge in [0.15, 0.2) is 11.6 Å². The molecule has 106 valence electrons. The third-order valence-corrected chi connectivity index (χ3v) is 3.60. The number of nitrogens with one attached hydrogen (secondary N) is 1. The van der Waals surface area contributed by atoms with Crippen molar-refractivity contribution >= 4 is 0 Å². The first-order chi connectivity index (χ1) is 9.25. The average Bonchev–Trinajstić information content (AvgIpc) is 2.42. The van der Waals surface area contributed by atoms with Crippen LogP contribution in [0, 0.1) is 11.7 Å². The minimum atomic E-state index is -0.288. The molecule has 1 N–H and O–H groups in total. The monoisotopic (exact) mass is 266 g/mol. The topological polar surface area (TPSA) is 24.5 Å². The van der Waals surface area contributed by atoms with Crippen molar-refractivity contribution in [2.45, 2.75) is 12.8 Å². The predicted molar refractivity (Wildman–Crippen MR) is 75.0 cm³/mol. The summed E-state index contributed by atoms with van der Waals surface area (Å²) in [5.74, 6) is 0.834. The Kier molecular flexibility index (Phi) is 5.61. The fraction of sp³-hybridized carbons (Fsp3) is 0.600. The van der Waals surface area contributed by atoms with E-state index in [2.05, 4.69) is 17.3 Å². The van der Waals surface area contributed by atoms with Crippen molar-refractivity contribution in [1.82, 2.24) is 10.2 Å². The molecule has 0 atom stereocenters. The van der Waals surface area contributed by atoms with Gasteiger partial charge in [0.1, 0.15) is 6.61 Å². The van der Waals surface area contributed by atoms with Crippen molar-refractivity contribution in [3.63, 3.8) is 0 Å². The van der Waals surface area contributed by atoms with E-state index in [0.717, 1.165) is 32.1 Å². The maximum atomic E-state index is 13.3. The Morgan fingerprint density at radius 2 is 2.05 bits per heavy atom. The van der Waals surface area contributed by atoms with Crippen LogP contribution in [0.1, 0.15) is 12.8 Å². The molecule has 2 rings (SSSR count). The molecule has 1 aromatic rings. The number of likely N-dealkylation sites (N-methyl/N-ethyl adjacent to an activating group) is 1. The molecule has 0 bridgehead atoms. The standard InChI is InChI=1S/C15H23FN2O/c1-18(12-13-6-8-17-9-7-13)10-11-19-15-5-3-2-4-14(15)16/h2-5,13,17H,6-12H2,1H3. The SMILES string of the molecule is CN(CCOc1ccccc1F)CC1CCNCC1. The summed E-state index contributed by atoms with van der Waals surface area (Å²) >= 11 is 0. The van der Waals surface area contributed by atoms with Crippen LogP contribution >= 0.6 is 0 Å². The zero-order valence-electron chi connectivity index (χ0n) is 11.6. The molecule has 1 aliphatic rings. The first-order valence-corrected chi connectivity index (χ1v) is 7.02. The summed E-state index contributed by atoms with van der Waals surface area (Å²) in [7, 11) is 2.10. The molecule has 19 heavy (non-hydrogen) atoms. The molecule has 1 fully saturated rings. The number of hydrogen-bond acceptors (Lipinski definition) is 3. The van der Waals surface area contributed by atoms with E-state index in [0.29, 0.717) is 12.4 Å². The molecule has 0 aromatic heterocycles. The van der Waals surface area contributed by atoms with Gasteiger partial charge in [0.05, 0.1) is 0 Å². The van der Waals surface area contributed by atoms with Crippen LogP contribution in [0.25, 0.3) is 0 Å². The lowest BCUT2D eigenvalue weighted by atomic mass is 9.98. The van der Waals surface area contributed by atoms with Crippen molar-refractivity contribution in [2.24, 2.45) is 5.92 Å². The van der Waals surface area contributed by atoms with Gasteiger partial charge in [-0.25, -0.2) is 4.39 Å². The fourth-order valence-corrected chi connectivity index (χ4v) is 2.47. The number of hydrogen-bond donors (Lipinski definition) is 1. The zero-order valence-corrected chi connectivity index (χ0v) is 11.6. The lowest BCUT2D eigenvalue weighted by molar-refractivity contribution is 0.196. The summed E-state index contributed by atoms with van der Waals surface area (Å²) in [6.07, 6.45) is 2.50. The van der Waals surface area contributed by atoms with Gasteiger partial charge in [-0.2, -0.15) is 0 Å². The summed E-state index contributed by atoms with van der Waals surface area (Å²) in [6, 6.07) is 6.55. The molecular weight excluding hydrogens is 243 g/mol. The zero-order chi connectivity index (χ0) is 13.5. The first-order valence-electron chi connectivity index (χ1n) is 7.02. The van der Waals surface area contributed by atoms with Crippen molar-refractivity contribution in [3.8, 4) is 5.75 Å². The molecule has 0 amide bonds. The van der Waals surface area contributed by atoms with Crippen LogP contribution in [0.5, 0.6) is 5.75 Å². The van der Waals surface area contributed by atoms with Gasteiger partial charge in [0, 0.05) is 13.1 Å². The average molecular weight is 266 g/mol. The summed E-state index contributed by atoms with van der Waals surface area (Å²) in [5, 5.41) is 3.37. The van der Waals surface area contributed by atoms with Crippen LogP contribution in [0.4, 0.5) is 4.39 Å². The highest BCUT2D eigenvalue weighted by Crippen LogP contribution is 2.15. The van der Waals surface area contributed by atoms with Crippen LogP contribution in [-0.2, 0) is 0 Å². The molecule has 1 aliphatic heterocycles. The number of nitrogens with zero attached hydrogens (tertiary/aromatic N) is 1. The molecule has 1 aromatic carbocycles. The molecule has 1 saturated heterocycles. The quantitative estimate of drug-likeness (QED) is 0.853. The number of rotatable bonds is 6. The Bertz CT molecular complexity index is 380. The fourth-order valence-electron chi connectivity index (χ4n) is 2.47. The molecule has 0 spiro atoms. The van der Waals surface area contributed by atoms with E-state index in [1.807, 2.05) is 0 Å². The van der Waals surface area contributed by atoms with E-state index in [1.165, 1.54) is 18.9 Å². The summed E-state index contributed by atoms with van der Waals surface area (Å²) in [4.78, 5) is 2.27. The molecule has 0 unspecified atom stereocenters. The predicted octanol–water partition coefficient (Wildman–Crippen LogP) is 2.14. The van der Waals surface area contributed by atoms with Crippen molar-refractivity contribution in [3.05, 3.63) is 30.1 Å². The van der Waals surface area contributed by atoms with E-state index in [4.69, 9.17) is 4.74 Å². The Hall–Kier alpha value is -1.13. The third-order valence-electron chi connectivity index (χ3n) is 3.60. The highest BCUT2D eigenvalue weighted by Gasteiger charge is 2.14. The largest absolute Gasteiger partial charge is 0.489 e. The van der Waals surface area contributed by atoms with E-state index in [1.54, 1.807) is 18.2 Å². The van der Waals surface area contributed by atoms with Gasteiger partial charge in [0.25, 0.3) is 0 Å². The van der Waals surface area contributed by atoms with Crippen LogP contribution in [-0.4, -0.2) is 44.7 Å². The van der Waals surface area contributed by atoms with E-state index in [9.17, 15) is 4.39 Å². The molecule has 0 saturated carbocycles. The first kappa shape index (κ1) is 14.3. The normalized spacial score (nSPS) is 16.8. The molecule has 0 aliphatic carbocycles. The molecule has 4 heteroatoms. The maximum Gasteiger partial charge on any atom is 0.165 e. The Balaban J connectivity index is 1.66. The van der Waals surface area contributed by atoms with Crippen molar-refractivity contribution in [1.29, 1.82) is 0 Å². The van der Waals surface area contributed by atoms with Gasteiger partial charge in [-0.15, -0.1) is 0 Å². The highest BCUT2D eigenvalue weighted by molar-refractivity contribution is 5.23. The van der Waals surface area contributed by atoms with E-state index < -0.39 is 0 Å². The second-order valence-electron chi connectivity index (χ2n) is 5.23.